The van der Waals surface area contributed by atoms with Gasteiger partial charge in [-0.15, -0.1) is 0 Å². The van der Waals surface area contributed by atoms with Gasteiger partial charge < -0.3 is 14.5 Å². The van der Waals surface area contributed by atoms with Crippen molar-refractivity contribution in [3.63, 3.8) is 0 Å². The number of anilines is 6. The number of nitrogens with zero attached hydrogens (tertiary/aromatic N) is 2. The van der Waals surface area contributed by atoms with Crippen LogP contribution in [0.3, 0.4) is 0 Å². The largest absolute Gasteiger partial charge is 0.458 e. The van der Waals surface area contributed by atoms with Crippen LogP contribution in [0.4, 0.5) is 34.1 Å². The van der Waals surface area contributed by atoms with Gasteiger partial charge in [-0.2, -0.15) is 0 Å². The first-order valence-electron chi connectivity index (χ1n) is 21.9. The number of hydrogen-bond acceptors (Lipinski definition) is 3. The number of para-hydroxylation sites is 1. The third-order valence-corrected chi connectivity index (χ3v) is 13.9. The summed E-state index contributed by atoms with van der Waals surface area (Å²) in [6.07, 6.45) is 2.34. The van der Waals surface area contributed by atoms with E-state index in [1.807, 2.05) is 0 Å². The third kappa shape index (κ3) is 6.25. The van der Waals surface area contributed by atoms with Crippen molar-refractivity contribution in [2.24, 2.45) is 0 Å². The molecule has 300 valence electrons. The zero-order chi connectivity index (χ0) is 41.9. The van der Waals surface area contributed by atoms with Crippen LogP contribution in [0.2, 0.25) is 0 Å². The predicted molar refractivity (Wildman–Crippen MR) is 257 cm³/mol. The van der Waals surface area contributed by atoms with Gasteiger partial charge in [-0.3, -0.25) is 0 Å². The normalized spacial score (nSPS) is 16.0. The quantitative estimate of drug-likeness (QED) is 0.165. The van der Waals surface area contributed by atoms with Gasteiger partial charge in [-0.1, -0.05) is 148 Å². The monoisotopic (exact) mass is 784 g/mol. The van der Waals surface area contributed by atoms with Gasteiger partial charge in [-0.05, 0) is 139 Å². The molecule has 0 N–H and O–H groups in total. The first kappa shape index (κ1) is 38.5. The molecule has 0 radical (unpaired) electrons. The molecule has 0 saturated carbocycles. The van der Waals surface area contributed by atoms with Gasteiger partial charge in [0.1, 0.15) is 11.5 Å². The Morgan fingerprint density at radius 2 is 1.15 bits per heavy atom. The maximum Gasteiger partial charge on any atom is 0.256 e. The molecule has 2 heterocycles. The van der Waals surface area contributed by atoms with E-state index in [2.05, 4.69) is 219 Å². The number of ether oxygens (including phenoxy) is 1. The van der Waals surface area contributed by atoms with Crippen molar-refractivity contribution in [2.75, 3.05) is 9.80 Å². The van der Waals surface area contributed by atoms with E-state index in [0.29, 0.717) is 0 Å². The second-order valence-electron chi connectivity index (χ2n) is 21.0. The van der Waals surface area contributed by atoms with Crippen LogP contribution >= 0.6 is 0 Å². The highest BCUT2D eigenvalue weighted by atomic mass is 16.5. The van der Waals surface area contributed by atoms with Crippen molar-refractivity contribution in [1.29, 1.82) is 0 Å². The van der Waals surface area contributed by atoms with E-state index in [1.165, 1.54) is 61.5 Å². The third-order valence-electron chi connectivity index (χ3n) is 13.9. The molecule has 1 aliphatic carbocycles. The fourth-order valence-corrected chi connectivity index (χ4v) is 10.1. The Morgan fingerprint density at radius 3 is 1.88 bits per heavy atom. The van der Waals surface area contributed by atoms with E-state index < -0.39 is 0 Å². The molecule has 3 aliphatic rings. The van der Waals surface area contributed by atoms with Gasteiger partial charge in [0.2, 0.25) is 0 Å². The Hall–Kier alpha value is -5.74. The predicted octanol–water partition coefficient (Wildman–Crippen LogP) is 13.7. The highest BCUT2D eigenvalue weighted by Crippen LogP contribution is 2.50. The summed E-state index contributed by atoms with van der Waals surface area (Å²) < 4.78 is 7.12. The van der Waals surface area contributed by atoms with E-state index in [1.54, 1.807) is 0 Å². The Balaban J connectivity index is 1.26. The molecule has 0 bridgehead atoms. The van der Waals surface area contributed by atoms with E-state index >= 15 is 0 Å². The molecule has 3 nitrogen and oxygen atoms in total. The molecule has 0 amide bonds. The molecule has 7 aromatic rings. The fourth-order valence-electron chi connectivity index (χ4n) is 10.1. The number of hydrogen-bond donors (Lipinski definition) is 0. The molecule has 0 fully saturated rings. The first-order valence-corrected chi connectivity index (χ1v) is 21.9. The van der Waals surface area contributed by atoms with Crippen LogP contribution in [0.5, 0.6) is 11.5 Å². The van der Waals surface area contributed by atoms with Crippen LogP contribution in [-0.2, 0) is 21.7 Å². The van der Waals surface area contributed by atoms with Gasteiger partial charge in [0.25, 0.3) is 6.71 Å². The minimum atomic E-state index is -0.00905. The minimum absolute atomic E-state index is 0.00905. The van der Waals surface area contributed by atoms with Gasteiger partial charge in [0.05, 0.1) is 5.69 Å². The van der Waals surface area contributed by atoms with Crippen LogP contribution in [0, 0.1) is 0 Å². The molecule has 0 saturated heterocycles. The van der Waals surface area contributed by atoms with Crippen molar-refractivity contribution < 1.29 is 4.74 Å². The average molecular weight is 785 g/mol. The SMILES string of the molecule is CC(C)(C)c1ccc(N2c3ccc(C(C)(C)C)cc3B3c4ccccc4Oc4cc(N(c5ccc6c(c5)C(C)(C)CCC6(C)C)c5ccc6ccccc6c5)cc2c43)cc1. The smallest absolute Gasteiger partial charge is 0.256 e. The lowest BCUT2D eigenvalue weighted by molar-refractivity contribution is 0.332. The van der Waals surface area contributed by atoms with Gasteiger partial charge >= 0.3 is 0 Å². The second-order valence-corrected chi connectivity index (χ2v) is 21.0. The molecule has 0 unspecified atom stereocenters. The van der Waals surface area contributed by atoms with Crippen molar-refractivity contribution >= 4 is 68.0 Å². The van der Waals surface area contributed by atoms with Crippen LogP contribution in [0.15, 0.2) is 140 Å². The van der Waals surface area contributed by atoms with Crippen LogP contribution in [0.1, 0.15) is 104 Å². The summed E-state index contributed by atoms with van der Waals surface area (Å²) in [5.74, 6) is 1.82. The lowest BCUT2D eigenvalue weighted by Crippen LogP contribution is -2.59. The molecule has 0 aromatic heterocycles. The standard InChI is InChI=1S/C56H57BN2O/c1-53(2,3)38-20-24-40(25-21-38)59-48-28-22-39(54(4,5)6)32-47(48)57-46-17-13-14-18-50(46)60-51-35-43(34-49(59)52(51)57)58(41-23-19-36-15-11-12-16-37(36)31-41)42-26-27-44-45(33-42)56(9,10)30-29-55(44,7)8/h11-28,31-35H,29-30H2,1-10H3. The molecule has 2 aliphatic heterocycles. The summed E-state index contributed by atoms with van der Waals surface area (Å²) >= 11 is 0. The lowest BCUT2D eigenvalue weighted by Gasteiger charge is -2.43. The van der Waals surface area contributed by atoms with Crippen LogP contribution < -0.4 is 30.9 Å². The van der Waals surface area contributed by atoms with E-state index in [-0.39, 0.29) is 28.4 Å². The topological polar surface area (TPSA) is 15.7 Å². The van der Waals surface area contributed by atoms with Crippen LogP contribution in [0.25, 0.3) is 10.8 Å². The first-order chi connectivity index (χ1) is 28.5. The van der Waals surface area contributed by atoms with Gasteiger partial charge in [0, 0.05) is 34.5 Å². The Labute approximate surface area is 358 Å². The molecule has 60 heavy (non-hydrogen) atoms. The fraction of sp³-hybridized carbons (Fsp3) is 0.286. The summed E-state index contributed by atoms with van der Waals surface area (Å²) in [7, 11) is 0. The van der Waals surface area contributed by atoms with E-state index in [9.17, 15) is 0 Å². The van der Waals surface area contributed by atoms with Gasteiger partial charge in [-0.25, -0.2) is 0 Å². The number of rotatable bonds is 4. The van der Waals surface area contributed by atoms with Crippen molar-refractivity contribution in [3.8, 4) is 11.5 Å². The summed E-state index contributed by atoms with van der Waals surface area (Å²) in [4.78, 5) is 4.97. The summed E-state index contributed by atoms with van der Waals surface area (Å²) in [5, 5.41) is 2.45. The average Bonchev–Trinajstić information content (AvgIpc) is 3.21. The highest BCUT2D eigenvalue weighted by Gasteiger charge is 2.43. The zero-order valence-electron chi connectivity index (χ0n) is 37.1. The Morgan fingerprint density at radius 1 is 0.517 bits per heavy atom. The van der Waals surface area contributed by atoms with Crippen molar-refractivity contribution in [2.45, 2.75) is 104 Å². The molecule has 4 heteroatoms. The zero-order valence-corrected chi connectivity index (χ0v) is 37.1. The van der Waals surface area contributed by atoms with Gasteiger partial charge in [0.15, 0.2) is 0 Å². The molecular formula is C56H57BN2O. The molecule has 7 aromatic carbocycles. The maximum absolute atomic E-state index is 7.12. The molecule has 10 rings (SSSR count). The summed E-state index contributed by atoms with van der Waals surface area (Å²) in [6.45, 7) is 23.5. The lowest BCUT2D eigenvalue weighted by atomic mass is 9.34. The van der Waals surface area contributed by atoms with Crippen LogP contribution in [-0.4, -0.2) is 6.71 Å². The molecule has 0 atom stereocenters. The van der Waals surface area contributed by atoms with E-state index in [4.69, 9.17) is 4.74 Å². The molecule has 0 spiro atoms. The second kappa shape index (κ2) is 13.4. The number of fused-ring (bicyclic) bond motifs is 6. The van der Waals surface area contributed by atoms with Crippen molar-refractivity contribution in [1.82, 2.24) is 0 Å². The minimum Gasteiger partial charge on any atom is -0.458 e. The summed E-state index contributed by atoms with van der Waals surface area (Å²) in [6, 6.07) is 52.7. The highest BCUT2D eigenvalue weighted by molar-refractivity contribution is 6.99. The van der Waals surface area contributed by atoms with E-state index in [0.717, 1.165) is 46.4 Å². The Kier molecular flexibility index (Phi) is 8.58. The maximum atomic E-state index is 7.12. The van der Waals surface area contributed by atoms with Crippen molar-refractivity contribution in [3.05, 3.63) is 162 Å². The Bertz CT molecular complexity index is 2840. The number of benzene rings is 7. The molecular weight excluding hydrogens is 727 g/mol. The summed E-state index contributed by atoms with van der Waals surface area (Å²) in [5.41, 5.74) is 16.3.